The van der Waals surface area contributed by atoms with Crippen molar-refractivity contribution in [3.05, 3.63) is 72.4 Å². The highest BCUT2D eigenvalue weighted by molar-refractivity contribution is 6.10. The second kappa shape index (κ2) is 12.6. The highest BCUT2D eigenvalue weighted by atomic mass is 16.1. The van der Waals surface area contributed by atoms with Crippen LogP contribution in [0.5, 0.6) is 0 Å². The highest BCUT2D eigenvalue weighted by Gasteiger charge is 2.07. The Kier molecular flexibility index (Phi) is 12.9. The molecule has 0 N–H and O–H groups in total. The molecule has 0 unspecified atom stereocenters. The van der Waals surface area contributed by atoms with E-state index in [2.05, 4.69) is 13.2 Å². The smallest absolute Gasteiger partial charge is 0.193 e. The van der Waals surface area contributed by atoms with Crippen LogP contribution < -0.4 is 0 Å². The van der Waals surface area contributed by atoms with E-state index in [0.717, 1.165) is 5.57 Å². The van der Waals surface area contributed by atoms with Gasteiger partial charge in [-0.15, -0.1) is 0 Å². The lowest BCUT2D eigenvalue weighted by Gasteiger charge is -2.01. The topological polar surface area (TPSA) is 17.1 Å². The first-order chi connectivity index (χ1) is 9.15. The summed E-state index contributed by atoms with van der Waals surface area (Å²) < 4.78 is 0. The summed E-state index contributed by atoms with van der Waals surface area (Å²) >= 11 is 0. The van der Waals surface area contributed by atoms with Crippen LogP contribution in [0.2, 0.25) is 0 Å². The van der Waals surface area contributed by atoms with Crippen molar-refractivity contribution in [2.24, 2.45) is 0 Å². The van der Waals surface area contributed by atoms with Crippen LogP contribution in [0.1, 0.15) is 45.0 Å². The maximum absolute atomic E-state index is 11.9. The zero-order valence-corrected chi connectivity index (χ0v) is 12.9. The summed E-state index contributed by atoms with van der Waals surface area (Å²) in [5, 5.41) is 0. The molecular formula is C18H26O. The van der Waals surface area contributed by atoms with Crippen LogP contribution in [0.4, 0.5) is 0 Å². The van der Waals surface area contributed by atoms with Crippen LogP contribution in [-0.2, 0) is 0 Å². The Morgan fingerprint density at radius 3 is 1.89 bits per heavy atom. The van der Waals surface area contributed by atoms with E-state index in [1.807, 2.05) is 52.8 Å². The Balaban J connectivity index is 0. The Morgan fingerprint density at radius 1 is 1.05 bits per heavy atom. The normalized spacial score (nSPS) is 9.21. The average molecular weight is 258 g/mol. The quantitative estimate of drug-likeness (QED) is 0.390. The second-order valence-corrected chi connectivity index (χ2v) is 3.35. The number of carbonyl (C=O) groups is 1. The van der Waals surface area contributed by atoms with Gasteiger partial charge in [0, 0.05) is 11.1 Å². The third kappa shape index (κ3) is 7.93. The van der Waals surface area contributed by atoms with E-state index in [9.17, 15) is 4.79 Å². The van der Waals surface area contributed by atoms with Gasteiger partial charge in [-0.1, -0.05) is 82.8 Å². The van der Waals surface area contributed by atoms with Gasteiger partial charge in [0.25, 0.3) is 0 Å². The van der Waals surface area contributed by atoms with Crippen molar-refractivity contribution in [1.29, 1.82) is 0 Å². The summed E-state index contributed by atoms with van der Waals surface area (Å²) in [6.07, 6.45) is 3.30. The molecule has 0 aromatic heterocycles. The standard InChI is InChI=1S/C14H14O.2C2H6/c1-4-12(10-11(2)3)14(15)13-8-6-5-7-9-13;2*1-2/h4-10H,1-2H2,3H3;2*1-2H3/b12-10+;;. The molecule has 0 amide bonds. The number of rotatable bonds is 4. The van der Waals surface area contributed by atoms with E-state index in [1.54, 1.807) is 24.3 Å². The summed E-state index contributed by atoms with van der Waals surface area (Å²) in [5.74, 6) is -0.0198. The fraction of sp³-hybridized carbons (Fsp3) is 0.278. The molecule has 0 aliphatic rings. The SMILES string of the molecule is C=C/C(=C\C(=C)C)C(=O)c1ccccc1.CC.CC. The second-order valence-electron chi connectivity index (χ2n) is 3.35. The van der Waals surface area contributed by atoms with Gasteiger partial charge in [-0.3, -0.25) is 4.79 Å². The molecule has 1 aromatic carbocycles. The van der Waals surface area contributed by atoms with Crippen molar-refractivity contribution in [1.82, 2.24) is 0 Å². The molecule has 1 aromatic rings. The van der Waals surface area contributed by atoms with Crippen LogP contribution in [0.25, 0.3) is 0 Å². The van der Waals surface area contributed by atoms with Gasteiger partial charge in [-0.2, -0.15) is 0 Å². The lowest BCUT2D eigenvalue weighted by molar-refractivity contribution is 0.103. The van der Waals surface area contributed by atoms with E-state index in [-0.39, 0.29) is 5.78 Å². The van der Waals surface area contributed by atoms with Gasteiger partial charge in [-0.05, 0) is 13.0 Å². The molecular weight excluding hydrogens is 232 g/mol. The van der Waals surface area contributed by atoms with Gasteiger partial charge in [0.05, 0.1) is 0 Å². The Labute approximate surface area is 118 Å². The molecule has 1 rings (SSSR count). The summed E-state index contributed by atoms with van der Waals surface area (Å²) in [6, 6.07) is 9.15. The Bertz CT molecular complexity index is 411. The van der Waals surface area contributed by atoms with E-state index in [0.29, 0.717) is 11.1 Å². The van der Waals surface area contributed by atoms with Gasteiger partial charge in [-0.25, -0.2) is 0 Å². The molecule has 0 saturated carbocycles. The molecule has 0 aliphatic heterocycles. The third-order valence-electron chi connectivity index (χ3n) is 1.92. The van der Waals surface area contributed by atoms with Gasteiger partial charge in [0.1, 0.15) is 0 Å². The molecule has 104 valence electrons. The monoisotopic (exact) mass is 258 g/mol. The van der Waals surface area contributed by atoms with Gasteiger partial charge < -0.3 is 0 Å². The van der Waals surface area contributed by atoms with E-state index in [1.165, 1.54) is 0 Å². The first-order valence-corrected chi connectivity index (χ1v) is 6.74. The van der Waals surface area contributed by atoms with Gasteiger partial charge >= 0.3 is 0 Å². The number of hydrogen-bond acceptors (Lipinski definition) is 1. The van der Waals surface area contributed by atoms with Crippen molar-refractivity contribution < 1.29 is 4.79 Å². The lowest BCUT2D eigenvalue weighted by atomic mass is 10.0. The number of benzene rings is 1. The largest absolute Gasteiger partial charge is 0.289 e. The fourth-order valence-corrected chi connectivity index (χ4v) is 1.24. The molecule has 0 heterocycles. The fourth-order valence-electron chi connectivity index (χ4n) is 1.24. The molecule has 0 aliphatic carbocycles. The minimum absolute atomic E-state index is 0.0198. The van der Waals surface area contributed by atoms with Gasteiger partial charge in [0.2, 0.25) is 0 Å². The first kappa shape index (κ1) is 19.4. The molecule has 0 atom stereocenters. The summed E-state index contributed by atoms with van der Waals surface area (Å²) in [5.41, 5.74) is 2.09. The molecule has 0 spiro atoms. The minimum atomic E-state index is -0.0198. The maximum Gasteiger partial charge on any atom is 0.193 e. The van der Waals surface area contributed by atoms with Crippen molar-refractivity contribution in [3.63, 3.8) is 0 Å². The number of hydrogen-bond donors (Lipinski definition) is 0. The Hall–Kier alpha value is -1.89. The van der Waals surface area contributed by atoms with Crippen LogP contribution >= 0.6 is 0 Å². The summed E-state index contributed by atoms with van der Waals surface area (Å²) in [6.45, 7) is 17.2. The first-order valence-electron chi connectivity index (χ1n) is 6.74. The van der Waals surface area contributed by atoms with E-state index < -0.39 is 0 Å². The number of allylic oxidation sites excluding steroid dienone is 4. The van der Waals surface area contributed by atoms with Crippen molar-refractivity contribution in [2.75, 3.05) is 0 Å². The molecule has 0 saturated heterocycles. The van der Waals surface area contributed by atoms with Crippen molar-refractivity contribution in [3.8, 4) is 0 Å². The van der Waals surface area contributed by atoms with E-state index >= 15 is 0 Å². The van der Waals surface area contributed by atoms with E-state index in [4.69, 9.17) is 0 Å². The zero-order chi connectivity index (χ0) is 15.3. The van der Waals surface area contributed by atoms with Crippen molar-refractivity contribution in [2.45, 2.75) is 34.6 Å². The lowest BCUT2D eigenvalue weighted by Crippen LogP contribution is -2.01. The average Bonchev–Trinajstić information content (AvgIpc) is 2.49. The van der Waals surface area contributed by atoms with Crippen LogP contribution in [0.3, 0.4) is 0 Å². The molecule has 1 heteroatoms. The predicted octanol–water partition coefficient (Wildman–Crippen LogP) is 5.61. The Morgan fingerprint density at radius 2 is 1.53 bits per heavy atom. The molecule has 0 bridgehead atoms. The zero-order valence-electron chi connectivity index (χ0n) is 12.9. The van der Waals surface area contributed by atoms with Crippen LogP contribution in [0.15, 0.2) is 66.8 Å². The molecule has 19 heavy (non-hydrogen) atoms. The minimum Gasteiger partial charge on any atom is -0.289 e. The summed E-state index contributed by atoms with van der Waals surface area (Å²) in [7, 11) is 0. The highest BCUT2D eigenvalue weighted by Crippen LogP contribution is 2.10. The number of carbonyl (C=O) groups excluding carboxylic acids is 1. The van der Waals surface area contributed by atoms with Crippen molar-refractivity contribution >= 4 is 5.78 Å². The third-order valence-corrected chi connectivity index (χ3v) is 1.92. The van der Waals surface area contributed by atoms with Gasteiger partial charge in [0.15, 0.2) is 5.78 Å². The summed E-state index contributed by atoms with van der Waals surface area (Å²) in [4.78, 5) is 11.9. The number of ketones is 1. The van der Waals surface area contributed by atoms with Crippen LogP contribution in [-0.4, -0.2) is 5.78 Å². The maximum atomic E-state index is 11.9. The van der Waals surface area contributed by atoms with Crippen LogP contribution in [0, 0.1) is 0 Å². The number of Topliss-reactive ketones (excluding diaryl/α,β-unsaturated/α-hetero) is 1. The molecule has 0 fully saturated rings. The predicted molar refractivity (Wildman–Crippen MR) is 86.6 cm³/mol. The molecule has 1 nitrogen and oxygen atoms in total. The molecule has 0 radical (unpaired) electrons.